The average molecular weight is 215 g/mol. The van der Waals surface area contributed by atoms with Crippen LogP contribution in [0.1, 0.15) is 0 Å². The van der Waals surface area contributed by atoms with Gasteiger partial charge in [-0.2, -0.15) is 8.42 Å². The highest BCUT2D eigenvalue weighted by Crippen LogP contribution is 1.59. The topological polar surface area (TPSA) is 173 Å². The number of hydrogen-bond acceptors (Lipinski definition) is 5. The zero-order valence-electron chi connectivity index (χ0n) is 4.95. The van der Waals surface area contributed by atoms with Gasteiger partial charge < -0.3 is 11.4 Å². The van der Waals surface area contributed by atoms with Crippen molar-refractivity contribution in [3.63, 3.8) is 0 Å². The standard InChI is InChI=1S/ClH.HNO3.H3N.H2O4S/c;2-1(3)4;;1-5(2,3)4/h1H;(H,2,3,4);1H3;(H2,1,2,3,4). The Kier molecular flexibility index (Phi) is 19.0. The molecule has 0 aromatic heterocycles. The number of nitrogens with zero attached hydrogens (tertiary/aromatic N) is 1. The summed E-state index contributed by atoms with van der Waals surface area (Å²) in [6, 6.07) is 0. The van der Waals surface area contributed by atoms with E-state index in [1.165, 1.54) is 0 Å². The van der Waals surface area contributed by atoms with E-state index in [9.17, 15) is 0 Å². The predicted molar refractivity (Wildman–Crippen MR) is 35.2 cm³/mol. The molecule has 0 rings (SSSR count). The first-order valence-electron chi connectivity index (χ1n) is 1.26. The molecule has 0 atom stereocenters. The summed E-state index contributed by atoms with van der Waals surface area (Å²) in [4.78, 5) is 8.36. The molecule has 72 valence electrons. The molecule has 0 saturated heterocycles. The minimum absolute atomic E-state index is 0. The Morgan fingerprint density at radius 3 is 1.27 bits per heavy atom. The molecule has 0 aliphatic carbocycles. The summed E-state index contributed by atoms with van der Waals surface area (Å²) >= 11 is 0. The molecule has 11 heavy (non-hydrogen) atoms. The second kappa shape index (κ2) is 9.32. The number of halogens is 1. The van der Waals surface area contributed by atoms with Crippen molar-refractivity contribution in [3.8, 4) is 0 Å². The molecule has 0 fully saturated rings. The molecule has 0 aliphatic heterocycles. The Bertz CT molecular complexity index is 159. The Morgan fingerprint density at radius 1 is 1.27 bits per heavy atom. The van der Waals surface area contributed by atoms with Crippen molar-refractivity contribution in [2.24, 2.45) is 0 Å². The fraction of sp³-hybridized carbons (Fsp3) is 0. The van der Waals surface area contributed by atoms with Crippen LogP contribution in [0.4, 0.5) is 0 Å². The van der Waals surface area contributed by atoms with Crippen LogP contribution in [0.2, 0.25) is 0 Å². The summed E-state index contributed by atoms with van der Waals surface area (Å²) in [5.41, 5.74) is 0. The van der Waals surface area contributed by atoms with Crippen molar-refractivity contribution in [1.82, 2.24) is 6.15 Å². The highest BCUT2D eigenvalue weighted by Gasteiger charge is 1.84. The third-order valence-electron chi connectivity index (χ3n) is 0. The SMILES string of the molecule is Cl.N.O=S(=O)(O)O.O=[N+]([O-])O. The third kappa shape index (κ3) is 1080. The van der Waals surface area contributed by atoms with Crippen molar-refractivity contribution < 1.29 is 27.8 Å². The van der Waals surface area contributed by atoms with E-state index in [1.807, 2.05) is 0 Å². The largest absolute Gasteiger partial charge is 0.394 e. The van der Waals surface area contributed by atoms with Crippen molar-refractivity contribution >= 4 is 22.8 Å². The maximum absolute atomic E-state index is 8.74. The quantitative estimate of drug-likeness (QED) is 0.239. The van der Waals surface area contributed by atoms with E-state index in [0.717, 1.165) is 0 Å². The Morgan fingerprint density at radius 2 is 1.27 bits per heavy atom. The van der Waals surface area contributed by atoms with Crippen LogP contribution >= 0.6 is 12.4 Å². The maximum atomic E-state index is 8.74. The first-order chi connectivity index (χ1) is 3.73. The summed E-state index contributed by atoms with van der Waals surface area (Å²) in [7, 11) is -4.67. The van der Waals surface area contributed by atoms with E-state index >= 15 is 0 Å². The van der Waals surface area contributed by atoms with E-state index in [0.29, 0.717) is 0 Å². The molecule has 0 spiro atoms. The fourth-order valence-electron chi connectivity index (χ4n) is 0. The lowest BCUT2D eigenvalue weighted by Crippen LogP contribution is -1.89. The summed E-state index contributed by atoms with van der Waals surface area (Å²) < 4.78 is 31.6. The van der Waals surface area contributed by atoms with E-state index in [-0.39, 0.29) is 18.6 Å². The molecule has 0 aromatic carbocycles. The van der Waals surface area contributed by atoms with Crippen LogP contribution in [0, 0.1) is 10.1 Å². The average Bonchev–Trinajstić information content (AvgIpc) is 1.19. The van der Waals surface area contributed by atoms with Gasteiger partial charge in [-0.05, 0) is 0 Å². The molecular weight excluding hydrogens is 208 g/mol. The van der Waals surface area contributed by atoms with Gasteiger partial charge in [0.2, 0.25) is 0 Å². The normalized spacial score (nSPS) is 7.45. The summed E-state index contributed by atoms with van der Waals surface area (Å²) in [5.74, 6) is 0. The number of hydrogen-bond donors (Lipinski definition) is 4. The first kappa shape index (κ1) is 22.4. The van der Waals surface area contributed by atoms with Gasteiger partial charge in [-0.3, -0.25) is 9.11 Å². The molecule has 9 nitrogen and oxygen atoms in total. The Hall–Kier alpha value is -0.680. The minimum atomic E-state index is -4.67. The maximum Gasteiger partial charge on any atom is 0.394 e. The highest BCUT2D eigenvalue weighted by molar-refractivity contribution is 7.79. The van der Waals surface area contributed by atoms with Crippen LogP contribution < -0.4 is 6.15 Å². The lowest BCUT2D eigenvalue weighted by molar-refractivity contribution is -0.742. The monoisotopic (exact) mass is 214 g/mol. The van der Waals surface area contributed by atoms with Crippen LogP contribution in [0.5, 0.6) is 0 Å². The molecular formula is H7ClN2O7S. The van der Waals surface area contributed by atoms with Crippen LogP contribution in [0.3, 0.4) is 0 Å². The van der Waals surface area contributed by atoms with E-state index in [2.05, 4.69) is 0 Å². The third-order valence-corrected chi connectivity index (χ3v) is 0. The van der Waals surface area contributed by atoms with Gasteiger partial charge in [-0.25, -0.2) is 0 Å². The zero-order valence-corrected chi connectivity index (χ0v) is 6.58. The molecule has 0 unspecified atom stereocenters. The highest BCUT2D eigenvalue weighted by atomic mass is 35.5. The van der Waals surface area contributed by atoms with Crippen molar-refractivity contribution in [2.45, 2.75) is 0 Å². The first-order valence-corrected chi connectivity index (χ1v) is 2.66. The van der Waals surface area contributed by atoms with Crippen LogP contribution in [-0.2, 0) is 10.4 Å². The number of rotatable bonds is 0. The molecule has 0 aliphatic rings. The van der Waals surface area contributed by atoms with Gasteiger partial charge in [0.1, 0.15) is 0 Å². The van der Waals surface area contributed by atoms with E-state index in [1.54, 1.807) is 0 Å². The molecule has 0 aromatic rings. The molecule has 0 radical (unpaired) electrons. The van der Waals surface area contributed by atoms with Crippen LogP contribution in [0.15, 0.2) is 0 Å². The van der Waals surface area contributed by atoms with Crippen LogP contribution in [-0.4, -0.2) is 27.8 Å². The van der Waals surface area contributed by atoms with Gasteiger partial charge in [0.15, 0.2) is 0 Å². The van der Waals surface area contributed by atoms with Gasteiger partial charge in [0.25, 0.3) is 5.09 Å². The lowest BCUT2D eigenvalue weighted by atomic mass is 13.1. The molecule has 0 amide bonds. The minimum Gasteiger partial charge on any atom is -0.344 e. The molecule has 0 bridgehead atoms. The van der Waals surface area contributed by atoms with Crippen molar-refractivity contribution in [3.05, 3.63) is 10.1 Å². The summed E-state index contributed by atoms with van der Waals surface area (Å²) in [5, 5.41) is 13.6. The van der Waals surface area contributed by atoms with Gasteiger partial charge in [0, 0.05) is 0 Å². The van der Waals surface area contributed by atoms with Gasteiger partial charge in [-0.15, -0.1) is 22.5 Å². The van der Waals surface area contributed by atoms with E-state index < -0.39 is 15.5 Å². The molecule has 0 heterocycles. The Balaban J connectivity index is -0.0000000383. The summed E-state index contributed by atoms with van der Waals surface area (Å²) in [6.45, 7) is 0. The van der Waals surface area contributed by atoms with Gasteiger partial charge in [0.05, 0.1) is 0 Å². The lowest BCUT2D eigenvalue weighted by Gasteiger charge is -1.68. The Labute approximate surface area is 67.7 Å². The second-order valence-corrected chi connectivity index (χ2v) is 1.58. The van der Waals surface area contributed by atoms with Gasteiger partial charge in [-0.1, -0.05) is 0 Å². The van der Waals surface area contributed by atoms with Crippen LogP contribution in [0.25, 0.3) is 0 Å². The fourth-order valence-corrected chi connectivity index (χ4v) is 0. The molecule has 6 N–H and O–H groups in total. The molecule has 0 saturated carbocycles. The predicted octanol–water partition coefficient (Wildman–Crippen LogP) is -0.417. The summed E-state index contributed by atoms with van der Waals surface area (Å²) in [6.07, 6.45) is 0. The van der Waals surface area contributed by atoms with Crippen molar-refractivity contribution in [2.75, 3.05) is 0 Å². The van der Waals surface area contributed by atoms with Crippen molar-refractivity contribution in [1.29, 1.82) is 0 Å². The second-order valence-electron chi connectivity index (χ2n) is 0.686. The zero-order chi connectivity index (χ0) is 8.08. The molecule has 11 heteroatoms. The smallest absolute Gasteiger partial charge is 0.344 e. The van der Waals surface area contributed by atoms with Gasteiger partial charge >= 0.3 is 10.4 Å². The van der Waals surface area contributed by atoms with E-state index in [4.69, 9.17) is 32.8 Å².